The molecule has 2 heteroatoms. The number of aromatic nitrogens is 1. The summed E-state index contributed by atoms with van der Waals surface area (Å²) in [5.41, 5.74) is 13.6. The second-order valence-electron chi connectivity index (χ2n) is 7.29. The van der Waals surface area contributed by atoms with E-state index in [-0.39, 0.29) is 0 Å². The summed E-state index contributed by atoms with van der Waals surface area (Å²) in [6, 6.07) is 19.9. The van der Waals surface area contributed by atoms with E-state index in [0.29, 0.717) is 0 Å². The fourth-order valence-corrected chi connectivity index (χ4v) is 4.00. The second-order valence-corrected chi connectivity index (χ2v) is 7.29. The molecule has 0 aliphatic heterocycles. The van der Waals surface area contributed by atoms with Gasteiger partial charge in [0, 0.05) is 16.6 Å². The summed E-state index contributed by atoms with van der Waals surface area (Å²) < 4.78 is 0. The van der Waals surface area contributed by atoms with Crippen molar-refractivity contribution in [2.75, 3.05) is 6.54 Å². The molecule has 0 aliphatic carbocycles. The number of fused-ring (bicyclic) bond motifs is 2. The number of nitrogens with one attached hydrogen (secondary N) is 1. The highest BCUT2D eigenvalue weighted by Gasteiger charge is 2.15. The Balaban J connectivity index is 1.91. The standard InChI is InChI=1S/C24H26N2/c1-16-13-17(2)23-22(14-16)21(9-5-6-12-25)24(26-23)20-11-10-18-7-3-4-8-19(18)15-20/h3-4,7-8,10-11,13-15,26H,5-6,9,12,25H2,1-2H3. The summed E-state index contributed by atoms with van der Waals surface area (Å²) in [6.07, 6.45) is 3.24. The van der Waals surface area contributed by atoms with Crippen LogP contribution < -0.4 is 5.73 Å². The van der Waals surface area contributed by atoms with Crippen molar-refractivity contribution >= 4 is 21.7 Å². The second kappa shape index (κ2) is 6.97. The van der Waals surface area contributed by atoms with Crippen molar-refractivity contribution in [2.24, 2.45) is 5.73 Å². The quantitative estimate of drug-likeness (QED) is 0.436. The zero-order valence-corrected chi connectivity index (χ0v) is 15.6. The molecule has 0 spiro atoms. The highest BCUT2D eigenvalue weighted by molar-refractivity contribution is 5.95. The topological polar surface area (TPSA) is 41.8 Å². The molecule has 0 radical (unpaired) electrons. The van der Waals surface area contributed by atoms with Crippen molar-refractivity contribution in [3.63, 3.8) is 0 Å². The maximum absolute atomic E-state index is 5.73. The molecule has 0 aliphatic rings. The Morgan fingerprint density at radius 2 is 1.69 bits per heavy atom. The summed E-state index contributed by atoms with van der Waals surface area (Å²) in [4.78, 5) is 3.74. The average molecular weight is 342 g/mol. The third-order valence-corrected chi connectivity index (χ3v) is 5.28. The smallest absolute Gasteiger partial charge is 0.0497 e. The van der Waals surface area contributed by atoms with Gasteiger partial charge >= 0.3 is 0 Å². The van der Waals surface area contributed by atoms with Gasteiger partial charge in [-0.3, -0.25) is 0 Å². The maximum Gasteiger partial charge on any atom is 0.0497 e. The third kappa shape index (κ3) is 3.02. The van der Waals surface area contributed by atoms with E-state index in [1.807, 2.05) is 0 Å². The third-order valence-electron chi connectivity index (χ3n) is 5.28. The Hall–Kier alpha value is -2.58. The van der Waals surface area contributed by atoms with Crippen molar-refractivity contribution in [3.8, 4) is 11.3 Å². The van der Waals surface area contributed by atoms with Gasteiger partial charge in [0.25, 0.3) is 0 Å². The molecule has 3 aromatic carbocycles. The Morgan fingerprint density at radius 3 is 2.50 bits per heavy atom. The molecule has 0 unspecified atom stereocenters. The van der Waals surface area contributed by atoms with Crippen LogP contribution >= 0.6 is 0 Å². The first-order valence-corrected chi connectivity index (χ1v) is 9.48. The van der Waals surface area contributed by atoms with Gasteiger partial charge in [0.2, 0.25) is 0 Å². The van der Waals surface area contributed by atoms with Crippen LogP contribution in [-0.2, 0) is 6.42 Å². The minimum Gasteiger partial charge on any atom is -0.354 e. The van der Waals surface area contributed by atoms with Crippen LogP contribution in [0.25, 0.3) is 32.9 Å². The molecule has 2 nitrogen and oxygen atoms in total. The minimum atomic E-state index is 0.756. The molecule has 0 fully saturated rings. The van der Waals surface area contributed by atoms with Gasteiger partial charge in [0.1, 0.15) is 0 Å². The lowest BCUT2D eigenvalue weighted by Crippen LogP contribution is -1.99. The number of aromatic amines is 1. The first kappa shape index (κ1) is 16.9. The number of hydrogen-bond acceptors (Lipinski definition) is 1. The molecular formula is C24H26N2. The molecule has 4 aromatic rings. The molecule has 1 aromatic heterocycles. The van der Waals surface area contributed by atoms with Crippen molar-refractivity contribution in [1.82, 2.24) is 4.98 Å². The predicted molar refractivity (Wildman–Crippen MR) is 113 cm³/mol. The predicted octanol–water partition coefficient (Wildman–Crippen LogP) is 5.89. The van der Waals surface area contributed by atoms with Crippen molar-refractivity contribution < 1.29 is 0 Å². The van der Waals surface area contributed by atoms with Gasteiger partial charge in [0.05, 0.1) is 0 Å². The first-order valence-electron chi connectivity index (χ1n) is 9.48. The van der Waals surface area contributed by atoms with Gasteiger partial charge in [0.15, 0.2) is 0 Å². The van der Waals surface area contributed by atoms with Gasteiger partial charge < -0.3 is 10.7 Å². The van der Waals surface area contributed by atoms with E-state index in [0.717, 1.165) is 25.8 Å². The van der Waals surface area contributed by atoms with Crippen LogP contribution in [0, 0.1) is 13.8 Å². The van der Waals surface area contributed by atoms with E-state index >= 15 is 0 Å². The lowest BCUT2D eigenvalue weighted by Gasteiger charge is -2.07. The van der Waals surface area contributed by atoms with E-state index < -0.39 is 0 Å². The molecule has 0 saturated heterocycles. The highest BCUT2D eigenvalue weighted by atomic mass is 14.7. The number of H-pyrrole nitrogens is 1. The van der Waals surface area contributed by atoms with Crippen LogP contribution in [0.1, 0.15) is 29.5 Å². The van der Waals surface area contributed by atoms with Crippen LogP contribution in [-0.4, -0.2) is 11.5 Å². The summed E-state index contributed by atoms with van der Waals surface area (Å²) in [5.74, 6) is 0. The lowest BCUT2D eigenvalue weighted by molar-refractivity contribution is 0.748. The highest BCUT2D eigenvalue weighted by Crippen LogP contribution is 2.35. The van der Waals surface area contributed by atoms with Crippen molar-refractivity contribution in [3.05, 3.63) is 71.3 Å². The fraction of sp³-hybridized carbons (Fsp3) is 0.250. The van der Waals surface area contributed by atoms with Crippen LogP contribution in [0.4, 0.5) is 0 Å². The molecule has 1 heterocycles. The van der Waals surface area contributed by atoms with E-state index in [9.17, 15) is 0 Å². The van der Waals surface area contributed by atoms with Crippen LogP contribution in [0.3, 0.4) is 0 Å². The fourth-order valence-electron chi connectivity index (χ4n) is 4.00. The summed E-state index contributed by atoms with van der Waals surface area (Å²) >= 11 is 0. The van der Waals surface area contributed by atoms with E-state index in [4.69, 9.17) is 5.73 Å². The number of nitrogens with two attached hydrogens (primary N) is 1. The summed E-state index contributed by atoms with van der Waals surface area (Å²) in [5, 5.41) is 3.93. The van der Waals surface area contributed by atoms with Crippen molar-refractivity contribution in [2.45, 2.75) is 33.1 Å². The van der Waals surface area contributed by atoms with Crippen LogP contribution in [0.2, 0.25) is 0 Å². The summed E-state index contributed by atoms with van der Waals surface area (Å²) in [6.45, 7) is 5.13. The Morgan fingerprint density at radius 1 is 0.885 bits per heavy atom. The number of hydrogen-bond donors (Lipinski definition) is 2. The molecule has 0 saturated carbocycles. The van der Waals surface area contributed by atoms with Gasteiger partial charge in [-0.15, -0.1) is 0 Å². The minimum absolute atomic E-state index is 0.756. The molecular weight excluding hydrogens is 316 g/mol. The van der Waals surface area contributed by atoms with Crippen LogP contribution in [0.15, 0.2) is 54.6 Å². The molecule has 4 rings (SSSR count). The van der Waals surface area contributed by atoms with Gasteiger partial charge in [-0.05, 0) is 79.3 Å². The Bertz CT molecular complexity index is 1070. The normalized spacial score (nSPS) is 11.5. The van der Waals surface area contributed by atoms with Crippen molar-refractivity contribution in [1.29, 1.82) is 0 Å². The molecule has 0 atom stereocenters. The zero-order valence-electron chi connectivity index (χ0n) is 15.6. The number of aryl methyl sites for hydroxylation is 3. The van der Waals surface area contributed by atoms with Gasteiger partial charge in [-0.1, -0.05) is 48.0 Å². The van der Waals surface area contributed by atoms with E-state index in [1.165, 1.54) is 49.6 Å². The van der Waals surface area contributed by atoms with Gasteiger partial charge in [-0.2, -0.15) is 0 Å². The Kier molecular flexibility index (Phi) is 4.52. The number of rotatable bonds is 5. The number of unbranched alkanes of at least 4 members (excludes halogenated alkanes) is 1. The van der Waals surface area contributed by atoms with E-state index in [1.54, 1.807) is 0 Å². The maximum atomic E-state index is 5.73. The molecule has 3 N–H and O–H groups in total. The van der Waals surface area contributed by atoms with Crippen LogP contribution in [0.5, 0.6) is 0 Å². The largest absolute Gasteiger partial charge is 0.354 e. The van der Waals surface area contributed by atoms with Gasteiger partial charge in [-0.25, -0.2) is 0 Å². The number of benzene rings is 3. The monoisotopic (exact) mass is 342 g/mol. The average Bonchev–Trinajstić information content (AvgIpc) is 3.00. The SMILES string of the molecule is Cc1cc(C)c2[nH]c(-c3ccc4ccccc4c3)c(CCCCN)c2c1. The summed E-state index contributed by atoms with van der Waals surface area (Å²) in [7, 11) is 0. The Labute approximate surface area is 155 Å². The van der Waals surface area contributed by atoms with E-state index in [2.05, 4.69) is 73.4 Å². The lowest BCUT2D eigenvalue weighted by atomic mass is 9.97. The zero-order chi connectivity index (χ0) is 18.1. The molecule has 132 valence electrons. The molecule has 0 amide bonds. The molecule has 0 bridgehead atoms. The first-order chi connectivity index (χ1) is 12.7. The molecule has 26 heavy (non-hydrogen) atoms.